The van der Waals surface area contributed by atoms with Crippen LogP contribution in [-0.2, 0) is 36.8 Å². The minimum Gasteiger partial charge on any atom is -0.370 e. The van der Waals surface area contributed by atoms with Gasteiger partial charge in [-0.15, -0.1) is 0 Å². The Morgan fingerprint density at radius 3 is 2.04 bits per heavy atom. The molecule has 248 valence electrons. The first kappa shape index (κ1) is 35.5. The number of nitrogens with zero attached hydrogens (tertiary/aromatic N) is 2. The normalized spacial score (nSPS) is 12.9. The number of rotatable bonds is 17. The van der Waals surface area contributed by atoms with Crippen molar-refractivity contribution in [2.75, 3.05) is 6.54 Å². The number of hydrogen-bond acceptors (Lipinski definition) is 7. The summed E-state index contributed by atoms with van der Waals surface area (Å²) in [5.74, 6) is -3.46. The molecule has 3 rings (SSSR count). The van der Waals surface area contributed by atoms with Crippen molar-refractivity contribution in [3.63, 3.8) is 0 Å². The van der Waals surface area contributed by atoms with E-state index in [-0.39, 0.29) is 37.5 Å². The summed E-state index contributed by atoms with van der Waals surface area (Å²) in [6.45, 7) is 1.48. The highest BCUT2D eigenvalue weighted by Crippen LogP contribution is 2.09. The monoisotopic (exact) mass is 644 g/mol. The number of guanidine groups is 1. The Bertz CT molecular complexity index is 1560. The van der Waals surface area contributed by atoms with E-state index >= 15 is 0 Å². The molecule has 0 fully saturated rings. The van der Waals surface area contributed by atoms with Crippen molar-refractivity contribution in [2.24, 2.45) is 22.2 Å². The molecule has 47 heavy (non-hydrogen) atoms. The maximum Gasteiger partial charge on any atom is 0.268 e. The summed E-state index contributed by atoms with van der Waals surface area (Å²) in [4.78, 5) is 75.8. The van der Waals surface area contributed by atoms with Gasteiger partial charge in [-0.05, 0) is 30.0 Å². The third kappa shape index (κ3) is 12.5. The summed E-state index contributed by atoms with van der Waals surface area (Å²) in [5, 5.41) is 10.5. The topological polar surface area (TPSA) is 253 Å². The molecule has 11 N–H and O–H groups in total. The Morgan fingerprint density at radius 1 is 0.851 bits per heavy atom. The Hall–Kier alpha value is -5.99. The number of carbonyl (C=O) groups excluding carboxylic acids is 5. The van der Waals surface area contributed by atoms with Gasteiger partial charge in [-0.25, -0.2) is 4.98 Å². The van der Waals surface area contributed by atoms with Crippen LogP contribution in [0.15, 0.2) is 83.9 Å². The van der Waals surface area contributed by atoms with Crippen LogP contribution in [0.5, 0.6) is 0 Å². The number of H-pyrrole nitrogens is 1. The molecule has 0 radical (unpaired) electrons. The third-order valence-corrected chi connectivity index (χ3v) is 6.79. The molecule has 15 heteroatoms. The average Bonchev–Trinajstić information content (AvgIpc) is 3.55. The maximum absolute atomic E-state index is 13.8. The highest BCUT2D eigenvalue weighted by Gasteiger charge is 2.30. The maximum atomic E-state index is 13.8. The van der Waals surface area contributed by atoms with Gasteiger partial charge >= 0.3 is 0 Å². The summed E-state index contributed by atoms with van der Waals surface area (Å²) >= 11 is 0. The Morgan fingerprint density at radius 2 is 1.47 bits per heavy atom. The molecular weight excluding hydrogens is 604 g/mol. The van der Waals surface area contributed by atoms with Crippen molar-refractivity contribution in [2.45, 2.75) is 50.7 Å². The van der Waals surface area contributed by atoms with E-state index in [4.69, 9.17) is 17.2 Å². The number of aromatic amines is 1. The number of aliphatic imine (C=N–C) groups is 1. The molecule has 0 unspecified atom stereocenters. The van der Waals surface area contributed by atoms with E-state index in [9.17, 15) is 24.0 Å². The molecule has 15 nitrogen and oxygen atoms in total. The van der Waals surface area contributed by atoms with E-state index in [1.165, 1.54) is 25.5 Å². The smallest absolute Gasteiger partial charge is 0.268 e. The van der Waals surface area contributed by atoms with Crippen LogP contribution in [0.2, 0.25) is 0 Å². The number of amides is 5. The van der Waals surface area contributed by atoms with E-state index < -0.39 is 47.7 Å². The first-order chi connectivity index (χ1) is 22.5. The van der Waals surface area contributed by atoms with Crippen LogP contribution < -0.4 is 38.5 Å². The zero-order valence-electron chi connectivity index (χ0n) is 25.9. The minimum absolute atomic E-state index is 0.0232. The van der Waals surface area contributed by atoms with Gasteiger partial charge in [0.25, 0.3) is 5.91 Å². The first-order valence-electron chi connectivity index (χ1n) is 14.8. The second-order valence-electron chi connectivity index (χ2n) is 10.6. The fourth-order valence-corrected chi connectivity index (χ4v) is 4.52. The molecule has 0 saturated carbocycles. The van der Waals surface area contributed by atoms with Crippen LogP contribution in [0.3, 0.4) is 0 Å². The number of imidazole rings is 1. The first-order valence-corrected chi connectivity index (χ1v) is 14.8. The number of benzene rings is 2. The molecule has 0 aliphatic heterocycles. The van der Waals surface area contributed by atoms with Gasteiger partial charge in [0.05, 0.1) is 6.33 Å². The number of nitrogens with two attached hydrogens (primary N) is 3. The molecule has 0 aliphatic carbocycles. The van der Waals surface area contributed by atoms with E-state index in [1.807, 2.05) is 6.07 Å². The summed E-state index contributed by atoms with van der Waals surface area (Å²) in [5.41, 5.74) is 18.1. The quantitative estimate of drug-likeness (QED) is 0.0405. The number of nitrogens with one attached hydrogen (secondary N) is 5. The van der Waals surface area contributed by atoms with Gasteiger partial charge in [0, 0.05) is 38.2 Å². The molecule has 5 amide bonds. The molecule has 1 aromatic heterocycles. The van der Waals surface area contributed by atoms with E-state index in [0.717, 1.165) is 5.56 Å². The highest BCUT2D eigenvalue weighted by atomic mass is 16.2. The molecule has 2 aromatic carbocycles. The standard InChI is InChI=1S/C32H40N10O5/c1-20(43)39-25(15-21-9-4-2-5-10-21)29(45)42-27(17-23-18-36-19-38-23)31(47)41-26(16-22-11-6-3-7-12-22)30(46)40-24(28(33)44)13-8-14-37-32(34)35/h2-7,9-12,15,18-19,24,26-27H,8,13-14,16-17H2,1H3,(H2,33,44)(H,36,38)(H,39,43)(H,40,46)(H,41,47)(H,42,45)(H4,34,35,37)/b25-15-/t24-,26-,27+/m1/s1. The summed E-state index contributed by atoms with van der Waals surface area (Å²) in [6, 6.07) is 14.3. The van der Waals surface area contributed by atoms with Gasteiger partial charge in [0.2, 0.25) is 23.6 Å². The van der Waals surface area contributed by atoms with Gasteiger partial charge < -0.3 is 43.5 Å². The summed E-state index contributed by atoms with van der Waals surface area (Å²) in [7, 11) is 0. The molecule has 3 atom stereocenters. The third-order valence-electron chi connectivity index (χ3n) is 6.79. The zero-order chi connectivity index (χ0) is 34.2. The van der Waals surface area contributed by atoms with Crippen LogP contribution in [0.25, 0.3) is 6.08 Å². The van der Waals surface area contributed by atoms with Gasteiger partial charge in [-0.2, -0.15) is 0 Å². The molecule has 0 saturated heterocycles. The van der Waals surface area contributed by atoms with Gasteiger partial charge in [0.15, 0.2) is 5.96 Å². The Balaban J connectivity index is 1.86. The van der Waals surface area contributed by atoms with Crippen molar-refractivity contribution in [3.05, 3.63) is 95.7 Å². The highest BCUT2D eigenvalue weighted by molar-refractivity contribution is 6.03. The van der Waals surface area contributed by atoms with Crippen LogP contribution >= 0.6 is 0 Å². The lowest BCUT2D eigenvalue weighted by atomic mass is 10.0. The number of primary amides is 1. The Kier molecular flexibility index (Phi) is 13.7. The van der Waals surface area contributed by atoms with Gasteiger partial charge in [0.1, 0.15) is 23.8 Å². The van der Waals surface area contributed by atoms with E-state index in [2.05, 4.69) is 36.2 Å². The van der Waals surface area contributed by atoms with Crippen molar-refractivity contribution in [3.8, 4) is 0 Å². The molecular formula is C32H40N10O5. The summed E-state index contributed by atoms with van der Waals surface area (Å²) < 4.78 is 0. The lowest BCUT2D eigenvalue weighted by molar-refractivity contribution is -0.133. The second-order valence-corrected chi connectivity index (χ2v) is 10.6. The zero-order valence-corrected chi connectivity index (χ0v) is 25.9. The molecule has 0 spiro atoms. The predicted molar refractivity (Wildman–Crippen MR) is 176 cm³/mol. The number of carbonyl (C=O) groups is 5. The number of hydrogen-bond donors (Lipinski definition) is 8. The van der Waals surface area contributed by atoms with Crippen LogP contribution in [0.1, 0.15) is 36.6 Å². The second kappa shape index (κ2) is 18.1. The lowest BCUT2D eigenvalue weighted by Gasteiger charge is -2.25. The van der Waals surface area contributed by atoms with Crippen molar-refractivity contribution in [1.29, 1.82) is 0 Å². The SMILES string of the molecule is CC(=O)N/C(=C\c1ccccc1)C(=O)N[C@@H](Cc1cnc[nH]1)C(=O)N[C@H](Cc1ccccc1)C(=O)N[C@H](CCCN=C(N)N)C(N)=O. The van der Waals surface area contributed by atoms with Gasteiger partial charge in [-0.1, -0.05) is 60.7 Å². The fraction of sp³-hybridized carbons (Fsp3) is 0.281. The number of aromatic nitrogens is 2. The molecule has 0 aliphatic rings. The van der Waals surface area contributed by atoms with Crippen LogP contribution in [0.4, 0.5) is 0 Å². The van der Waals surface area contributed by atoms with Crippen LogP contribution in [0, 0.1) is 0 Å². The fourth-order valence-electron chi connectivity index (χ4n) is 4.52. The molecule has 3 aromatic rings. The lowest BCUT2D eigenvalue weighted by Crippen LogP contribution is -2.57. The predicted octanol–water partition coefficient (Wildman–Crippen LogP) is -0.635. The molecule has 0 bridgehead atoms. The summed E-state index contributed by atoms with van der Waals surface area (Å²) in [6.07, 6.45) is 4.94. The van der Waals surface area contributed by atoms with Crippen molar-refractivity contribution in [1.82, 2.24) is 31.2 Å². The van der Waals surface area contributed by atoms with E-state index in [0.29, 0.717) is 17.7 Å². The van der Waals surface area contributed by atoms with E-state index in [1.54, 1.807) is 54.6 Å². The van der Waals surface area contributed by atoms with Crippen LogP contribution in [-0.4, -0.2) is 70.1 Å². The molecule has 1 heterocycles. The Labute approximate surface area is 271 Å². The van der Waals surface area contributed by atoms with Crippen molar-refractivity contribution >= 4 is 41.6 Å². The largest absolute Gasteiger partial charge is 0.370 e. The minimum atomic E-state index is -1.21. The average molecular weight is 645 g/mol. The van der Waals surface area contributed by atoms with Crippen molar-refractivity contribution < 1.29 is 24.0 Å². The van der Waals surface area contributed by atoms with Gasteiger partial charge in [-0.3, -0.25) is 29.0 Å².